The highest BCUT2D eigenvalue weighted by atomic mass is 16.5. The number of hydrazone groups is 1. The third-order valence-corrected chi connectivity index (χ3v) is 18.9. The zero-order valence-corrected chi connectivity index (χ0v) is 41.3. The number of aliphatic imine (C=N–C) groups is 2. The Balaban J connectivity index is 0.000000221. The molecule has 13 nitrogen and oxygen atoms in total. The number of fused-ring (bicyclic) bond motifs is 14. The van der Waals surface area contributed by atoms with Gasteiger partial charge in [-0.3, -0.25) is 14.4 Å². The summed E-state index contributed by atoms with van der Waals surface area (Å²) >= 11 is 0. The fraction of sp³-hybridized carbons (Fsp3) is 0.684. The van der Waals surface area contributed by atoms with E-state index in [0.29, 0.717) is 42.2 Å². The third kappa shape index (κ3) is 7.84. The second kappa shape index (κ2) is 18.8. The smallest absolute Gasteiger partial charge is 0.303 e. The van der Waals surface area contributed by atoms with Gasteiger partial charge in [0.1, 0.15) is 30.1 Å². The van der Waals surface area contributed by atoms with Gasteiger partial charge in [-0.25, -0.2) is 9.98 Å². The molecule has 0 aromatic rings. The largest absolute Gasteiger partial charge is 0.475 e. The molecule has 2 aliphatic heterocycles. The molecule has 8 aliphatic carbocycles. The van der Waals surface area contributed by atoms with E-state index in [2.05, 4.69) is 77.3 Å². The van der Waals surface area contributed by atoms with Crippen LogP contribution in [0.4, 0.5) is 0 Å². The second-order valence-electron chi connectivity index (χ2n) is 22.6. The van der Waals surface area contributed by atoms with Crippen LogP contribution >= 0.6 is 0 Å². The molecule has 13 heteroatoms. The van der Waals surface area contributed by atoms with Crippen LogP contribution in [0.2, 0.25) is 0 Å². The molecule has 0 aromatic heterocycles. The first-order valence-electron chi connectivity index (χ1n) is 24.5. The van der Waals surface area contributed by atoms with E-state index < -0.39 is 34.7 Å². The van der Waals surface area contributed by atoms with Crippen molar-refractivity contribution in [1.29, 1.82) is 0 Å². The number of nitrogens with zero attached hydrogens (tertiary/aromatic N) is 4. The fourth-order valence-electron chi connectivity index (χ4n) is 16.5. The maximum Gasteiger partial charge on any atom is 0.303 e. The predicted octanol–water partition coefficient (Wildman–Crippen LogP) is 9.36. The molecule has 0 saturated heterocycles. The molecular formula is C57H84N4O9. The molecule has 6 fully saturated rings. The summed E-state index contributed by atoms with van der Waals surface area (Å²) < 4.78 is 23.1. The predicted molar refractivity (Wildman–Crippen MR) is 276 cm³/mol. The number of ether oxygens (including phenoxy) is 4. The molecule has 70 heavy (non-hydrogen) atoms. The van der Waals surface area contributed by atoms with Crippen LogP contribution in [0.15, 0.2) is 87.0 Å². The van der Waals surface area contributed by atoms with Crippen molar-refractivity contribution in [2.75, 3.05) is 27.3 Å². The Bertz CT molecular complexity index is 2400. The fourth-order valence-corrected chi connectivity index (χ4v) is 16.5. The van der Waals surface area contributed by atoms with Crippen molar-refractivity contribution in [2.24, 2.45) is 72.3 Å². The summed E-state index contributed by atoms with van der Waals surface area (Å²) in [5.74, 6) is 1.37. The average molecular weight is 969 g/mol. The Labute approximate surface area is 418 Å². The van der Waals surface area contributed by atoms with Crippen LogP contribution < -0.4 is 0 Å². The summed E-state index contributed by atoms with van der Waals surface area (Å²) in [4.78, 5) is 46.7. The first-order chi connectivity index (χ1) is 31.4. The topological polar surface area (TPSA) is 169 Å². The molecule has 10 aliphatic rings. The molecule has 0 spiro atoms. The summed E-state index contributed by atoms with van der Waals surface area (Å²) in [5.41, 5.74) is 2.26. The van der Waals surface area contributed by atoms with Gasteiger partial charge in [0, 0.05) is 75.3 Å². The van der Waals surface area contributed by atoms with Gasteiger partial charge >= 0.3 is 11.9 Å². The SMILES string of the molecule is C.C.C.C=C1C=C[C@@]2(C)C(=C1)CC[C@@H]1[C@@H]2[C@@H](O)C[C@@]2(C)[C@H]1C[C@H]1OC(C)=N[C@]12/C(COC(C)=O)=N\N(C)C.C=C1C=C[C@@]2(C)C(=C1)CC[C@@H]1[C@@H]2[C@@H](O)C[C@@]2(C)[C@H]1C[C@H]1OC(C)=N[C@]12C(=O)COC(C)=O. The maximum absolute atomic E-state index is 13.6. The summed E-state index contributed by atoms with van der Waals surface area (Å²) in [5, 5.41) is 30.0. The molecule has 386 valence electrons. The van der Waals surface area contributed by atoms with Gasteiger partial charge in [-0.2, -0.15) is 5.10 Å². The van der Waals surface area contributed by atoms with E-state index in [1.807, 2.05) is 21.0 Å². The summed E-state index contributed by atoms with van der Waals surface area (Å²) in [6.45, 7) is 23.2. The van der Waals surface area contributed by atoms with Crippen LogP contribution in [0.25, 0.3) is 0 Å². The highest BCUT2D eigenvalue weighted by Crippen LogP contribution is 2.71. The van der Waals surface area contributed by atoms with Crippen molar-refractivity contribution in [3.8, 4) is 0 Å². The Morgan fingerprint density at radius 3 is 1.59 bits per heavy atom. The highest BCUT2D eigenvalue weighted by molar-refractivity contribution is 6.01. The molecule has 0 bridgehead atoms. The van der Waals surface area contributed by atoms with Crippen LogP contribution in [-0.2, 0) is 33.3 Å². The monoisotopic (exact) mass is 969 g/mol. The lowest BCUT2D eigenvalue weighted by Crippen LogP contribution is -2.62. The quantitative estimate of drug-likeness (QED) is 0.143. The molecule has 0 radical (unpaired) electrons. The molecular weight excluding hydrogens is 885 g/mol. The Hall–Kier alpha value is -4.62. The standard InChI is InChI=1S/C28H39N3O4.C26H33NO5.3CH4/c1-16-10-11-26(4)19(12-16)8-9-20-21-13-24-28(29-17(2)35-24,27(21,5)14-22(33)25(20)26)23(30-31(6)7)15-34-18(3)32;1-14-8-9-24(4)17(10-14)6-7-18-19-11-22-26(27-15(2)32-22,21(30)13-31-16(3)28)25(19,5)12-20(29)23(18)24;;;/h10-12,20-22,24-25,33H,1,8-9,13-15H2,2-7H3;8-10,18-20,22-23,29H,1,6-7,11-13H2,2-5H3;3*1H4/b30-23-;;;;/t20-,21-,22-,24+,25+,26-,27-,28+;18-,19-,20-,22+,23+,24-,25-,26+;;;/m00.../s1. The summed E-state index contributed by atoms with van der Waals surface area (Å²) in [6, 6.07) is 0. The maximum atomic E-state index is 13.6. The van der Waals surface area contributed by atoms with Gasteiger partial charge in [-0.1, -0.05) is 111 Å². The van der Waals surface area contributed by atoms with Crippen molar-refractivity contribution < 1.29 is 43.5 Å². The molecule has 2 N–H and O–H groups in total. The molecule has 6 saturated carbocycles. The molecule has 2 heterocycles. The average Bonchev–Trinajstić information content (AvgIpc) is 3.91. The van der Waals surface area contributed by atoms with E-state index in [1.54, 1.807) is 11.9 Å². The lowest BCUT2D eigenvalue weighted by molar-refractivity contribution is -0.154. The number of rotatable bonds is 7. The first kappa shape index (κ1) is 54.7. The number of hydrogen-bond donors (Lipinski definition) is 2. The minimum atomic E-state index is -1.11. The Kier molecular flexibility index (Phi) is 14.7. The molecule has 0 aromatic carbocycles. The number of ketones is 1. The van der Waals surface area contributed by atoms with Crippen LogP contribution in [0.1, 0.15) is 129 Å². The minimum absolute atomic E-state index is 0. The minimum Gasteiger partial charge on any atom is -0.475 e. The van der Waals surface area contributed by atoms with Gasteiger partial charge < -0.3 is 34.2 Å². The second-order valence-corrected chi connectivity index (χ2v) is 22.6. The molecule has 0 amide bonds. The number of allylic oxidation sites excluding steroid dienone is 10. The number of carbonyl (C=O) groups is 3. The third-order valence-electron chi connectivity index (χ3n) is 18.9. The summed E-state index contributed by atoms with van der Waals surface area (Å²) in [6.07, 6.45) is 18.1. The molecule has 0 unspecified atom stereocenters. The van der Waals surface area contributed by atoms with Crippen LogP contribution in [0, 0.1) is 57.2 Å². The molecule has 16 atom stereocenters. The van der Waals surface area contributed by atoms with Crippen molar-refractivity contribution in [3.05, 3.63) is 71.9 Å². The number of aliphatic hydroxyl groups excluding tert-OH is 2. The van der Waals surface area contributed by atoms with Crippen molar-refractivity contribution in [2.45, 2.75) is 165 Å². The van der Waals surface area contributed by atoms with E-state index in [0.717, 1.165) is 49.7 Å². The van der Waals surface area contributed by atoms with Crippen LogP contribution in [-0.4, -0.2) is 113 Å². The van der Waals surface area contributed by atoms with Gasteiger partial charge in [0.25, 0.3) is 0 Å². The van der Waals surface area contributed by atoms with Gasteiger partial charge in [0.2, 0.25) is 5.78 Å². The van der Waals surface area contributed by atoms with Crippen molar-refractivity contribution >= 4 is 35.2 Å². The first-order valence-corrected chi connectivity index (χ1v) is 24.5. The van der Waals surface area contributed by atoms with E-state index in [-0.39, 0.29) is 99.4 Å². The van der Waals surface area contributed by atoms with E-state index in [9.17, 15) is 24.6 Å². The number of carbonyl (C=O) groups excluding carboxylic acids is 3. The van der Waals surface area contributed by atoms with Crippen molar-refractivity contribution in [3.63, 3.8) is 0 Å². The number of Topliss-reactive ketones (excluding diaryl/α,β-unsaturated/α-hetero) is 1. The van der Waals surface area contributed by atoms with E-state index in [4.69, 9.17) is 34.0 Å². The van der Waals surface area contributed by atoms with Gasteiger partial charge in [0.15, 0.2) is 23.9 Å². The zero-order valence-electron chi connectivity index (χ0n) is 41.3. The Morgan fingerprint density at radius 1 is 0.729 bits per heavy atom. The zero-order chi connectivity index (χ0) is 48.4. The lowest BCUT2D eigenvalue weighted by Gasteiger charge is -2.59. The Morgan fingerprint density at radius 2 is 1.14 bits per heavy atom. The van der Waals surface area contributed by atoms with Gasteiger partial charge in [-0.05, 0) is 86.2 Å². The number of hydrogen-bond acceptors (Lipinski definition) is 13. The van der Waals surface area contributed by atoms with Gasteiger partial charge in [-0.15, -0.1) is 0 Å². The van der Waals surface area contributed by atoms with Crippen molar-refractivity contribution in [1.82, 2.24) is 5.01 Å². The molecule has 10 rings (SSSR count). The van der Waals surface area contributed by atoms with Crippen LogP contribution in [0.3, 0.4) is 0 Å². The van der Waals surface area contributed by atoms with Gasteiger partial charge in [0.05, 0.1) is 12.2 Å². The lowest BCUT2D eigenvalue weighted by atomic mass is 9.45. The summed E-state index contributed by atoms with van der Waals surface area (Å²) in [7, 11) is 3.73. The van der Waals surface area contributed by atoms with Crippen LogP contribution in [0.5, 0.6) is 0 Å². The number of esters is 2. The van der Waals surface area contributed by atoms with E-state index in [1.165, 1.54) is 25.0 Å². The number of aliphatic hydroxyl groups is 2. The van der Waals surface area contributed by atoms with E-state index >= 15 is 0 Å². The normalized spacial score (nSPS) is 43.0. The highest BCUT2D eigenvalue weighted by Gasteiger charge is 2.76.